The lowest BCUT2D eigenvalue weighted by atomic mass is 10.2. The molecular formula is C23H25N5O4S. The fraction of sp³-hybridized carbons (Fsp3) is 0.304. The molecule has 33 heavy (non-hydrogen) atoms. The van der Waals surface area contributed by atoms with E-state index in [1.165, 1.54) is 23.3 Å². The molecule has 0 bridgehead atoms. The number of hydrogen-bond acceptors (Lipinski definition) is 7. The van der Waals surface area contributed by atoms with E-state index in [1.54, 1.807) is 17.5 Å². The number of nitrogens with zero attached hydrogens (tertiary/aromatic N) is 3. The highest BCUT2D eigenvalue weighted by Gasteiger charge is 2.21. The van der Waals surface area contributed by atoms with Crippen molar-refractivity contribution in [3.05, 3.63) is 65.6 Å². The second-order valence-corrected chi connectivity index (χ2v) is 8.41. The Morgan fingerprint density at radius 1 is 1.03 bits per heavy atom. The number of anilines is 2. The van der Waals surface area contributed by atoms with Crippen LogP contribution < -0.4 is 15.5 Å². The topological polar surface area (TPSA) is 108 Å². The van der Waals surface area contributed by atoms with E-state index in [4.69, 9.17) is 4.42 Å². The molecule has 3 heterocycles. The van der Waals surface area contributed by atoms with Gasteiger partial charge in [-0.3, -0.25) is 19.7 Å². The maximum absolute atomic E-state index is 12.5. The van der Waals surface area contributed by atoms with Crippen LogP contribution in [0.3, 0.4) is 0 Å². The second-order valence-electron chi connectivity index (χ2n) is 7.56. The molecule has 1 saturated heterocycles. The number of piperazine rings is 1. The summed E-state index contributed by atoms with van der Waals surface area (Å²) in [7, 11) is 0. The van der Waals surface area contributed by atoms with Gasteiger partial charge in [0.25, 0.3) is 5.91 Å². The molecular weight excluding hydrogens is 442 g/mol. The third-order valence-corrected chi connectivity index (χ3v) is 6.08. The van der Waals surface area contributed by atoms with E-state index in [-0.39, 0.29) is 37.0 Å². The Bertz CT molecular complexity index is 1080. The second kappa shape index (κ2) is 10.8. The molecule has 1 aliphatic heterocycles. The molecule has 0 aliphatic carbocycles. The number of hydrogen-bond donors (Lipinski definition) is 2. The summed E-state index contributed by atoms with van der Waals surface area (Å²) in [5.74, 6) is -0.380. The Morgan fingerprint density at radius 3 is 2.55 bits per heavy atom. The molecule has 9 nitrogen and oxygen atoms in total. The molecule has 1 fully saturated rings. The Hall–Kier alpha value is -3.66. The molecule has 0 unspecified atom stereocenters. The Kier molecular flexibility index (Phi) is 7.36. The Morgan fingerprint density at radius 2 is 1.82 bits per heavy atom. The van der Waals surface area contributed by atoms with Crippen LogP contribution in [0.15, 0.2) is 58.5 Å². The minimum atomic E-state index is -0.395. The summed E-state index contributed by atoms with van der Waals surface area (Å²) in [6, 6.07) is 13.4. The first-order valence-corrected chi connectivity index (χ1v) is 11.6. The zero-order chi connectivity index (χ0) is 23.0. The third kappa shape index (κ3) is 6.19. The third-order valence-electron chi connectivity index (χ3n) is 5.27. The van der Waals surface area contributed by atoms with Gasteiger partial charge in [-0.1, -0.05) is 18.2 Å². The van der Waals surface area contributed by atoms with Gasteiger partial charge in [0.15, 0.2) is 10.9 Å². The zero-order valence-electron chi connectivity index (χ0n) is 18.0. The predicted octanol–water partition coefficient (Wildman–Crippen LogP) is 2.39. The van der Waals surface area contributed by atoms with Crippen LogP contribution in [0.1, 0.15) is 22.7 Å². The summed E-state index contributed by atoms with van der Waals surface area (Å²) in [4.78, 5) is 45.0. The highest BCUT2D eigenvalue weighted by atomic mass is 32.1. The number of rotatable bonds is 8. The summed E-state index contributed by atoms with van der Waals surface area (Å²) < 4.78 is 5.04. The first kappa shape index (κ1) is 22.5. The van der Waals surface area contributed by atoms with Crippen molar-refractivity contribution in [1.82, 2.24) is 15.2 Å². The quantitative estimate of drug-likeness (QED) is 0.527. The van der Waals surface area contributed by atoms with E-state index in [0.717, 1.165) is 13.1 Å². The molecule has 1 aliphatic rings. The highest BCUT2D eigenvalue weighted by molar-refractivity contribution is 7.14. The van der Waals surface area contributed by atoms with E-state index in [2.05, 4.69) is 32.7 Å². The van der Waals surface area contributed by atoms with Crippen molar-refractivity contribution in [1.29, 1.82) is 0 Å². The van der Waals surface area contributed by atoms with E-state index >= 15 is 0 Å². The van der Waals surface area contributed by atoms with Crippen molar-refractivity contribution in [2.45, 2.75) is 12.8 Å². The Balaban J connectivity index is 1.15. The first-order valence-electron chi connectivity index (χ1n) is 10.7. The molecule has 0 spiro atoms. The van der Waals surface area contributed by atoms with Gasteiger partial charge in [0.1, 0.15) is 0 Å². The van der Waals surface area contributed by atoms with Crippen LogP contribution in [-0.4, -0.2) is 60.3 Å². The van der Waals surface area contributed by atoms with Gasteiger partial charge in [0.2, 0.25) is 11.8 Å². The number of amides is 3. The largest absolute Gasteiger partial charge is 0.459 e. The fourth-order valence-electron chi connectivity index (χ4n) is 3.56. The lowest BCUT2D eigenvalue weighted by Crippen LogP contribution is -2.49. The van der Waals surface area contributed by atoms with Crippen LogP contribution in [-0.2, 0) is 16.0 Å². The van der Waals surface area contributed by atoms with Gasteiger partial charge in [-0.05, 0) is 24.3 Å². The molecule has 10 heteroatoms. The number of benzene rings is 1. The van der Waals surface area contributed by atoms with Crippen LogP contribution in [0.2, 0.25) is 0 Å². The number of aromatic nitrogens is 1. The van der Waals surface area contributed by atoms with Crippen LogP contribution in [0.4, 0.5) is 10.8 Å². The Labute approximate surface area is 195 Å². The van der Waals surface area contributed by atoms with Gasteiger partial charge in [0.05, 0.1) is 18.4 Å². The van der Waals surface area contributed by atoms with Crippen LogP contribution >= 0.6 is 11.3 Å². The van der Waals surface area contributed by atoms with Gasteiger partial charge in [-0.25, -0.2) is 4.98 Å². The maximum Gasteiger partial charge on any atom is 0.293 e. The summed E-state index contributed by atoms with van der Waals surface area (Å²) in [5.41, 5.74) is 1.72. The molecule has 0 radical (unpaired) electrons. The van der Waals surface area contributed by atoms with Gasteiger partial charge in [0, 0.05) is 50.2 Å². The van der Waals surface area contributed by atoms with Crippen molar-refractivity contribution in [3.8, 4) is 0 Å². The van der Waals surface area contributed by atoms with Gasteiger partial charge < -0.3 is 19.5 Å². The zero-order valence-corrected chi connectivity index (χ0v) is 18.8. The predicted molar refractivity (Wildman–Crippen MR) is 125 cm³/mol. The van der Waals surface area contributed by atoms with Crippen molar-refractivity contribution in [2.75, 3.05) is 42.9 Å². The summed E-state index contributed by atoms with van der Waals surface area (Å²) in [5, 5.41) is 7.52. The first-order chi connectivity index (χ1) is 16.1. The molecule has 2 N–H and O–H groups in total. The smallest absolute Gasteiger partial charge is 0.293 e. The van der Waals surface area contributed by atoms with Gasteiger partial charge in [-0.15, -0.1) is 11.3 Å². The fourth-order valence-corrected chi connectivity index (χ4v) is 4.26. The van der Waals surface area contributed by atoms with E-state index < -0.39 is 5.91 Å². The van der Waals surface area contributed by atoms with Crippen molar-refractivity contribution in [2.24, 2.45) is 0 Å². The molecule has 2 aromatic heterocycles. The minimum Gasteiger partial charge on any atom is -0.459 e. The average molecular weight is 468 g/mol. The van der Waals surface area contributed by atoms with Gasteiger partial charge >= 0.3 is 0 Å². The van der Waals surface area contributed by atoms with Crippen LogP contribution in [0, 0.1) is 0 Å². The molecule has 3 amide bonds. The molecule has 0 atom stereocenters. The number of nitrogens with one attached hydrogen (secondary N) is 2. The number of furan rings is 1. The summed E-state index contributed by atoms with van der Waals surface area (Å²) >= 11 is 1.23. The van der Waals surface area contributed by atoms with Gasteiger partial charge in [-0.2, -0.15) is 0 Å². The normalized spacial score (nSPS) is 13.6. The van der Waals surface area contributed by atoms with Crippen molar-refractivity contribution >= 4 is 39.9 Å². The number of carbonyl (C=O) groups is 3. The van der Waals surface area contributed by atoms with E-state index in [0.29, 0.717) is 23.9 Å². The number of thiazole rings is 1. The number of carbonyl (C=O) groups excluding carboxylic acids is 3. The van der Waals surface area contributed by atoms with E-state index in [1.807, 2.05) is 23.1 Å². The highest BCUT2D eigenvalue weighted by Crippen LogP contribution is 2.18. The lowest BCUT2D eigenvalue weighted by molar-refractivity contribution is -0.131. The minimum absolute atomic E-state index is 0.0413. The van der Waals surface area contributed by atoms with Crippen LogP contribution in [0.5, 0.6) is 0 Å². The lowest BCUT2D eigenvalue weighted by Gasteiger charge is -2.36. The SMILES string of the molecule is O=C(Cc1csc(NC(=O)c2ccco2)n1)NCCC(=O)N1CCN(c2ccccc2)CC1. The maximum atomic E-state index is 12.5. The molecule has 0 saturated carbocycles. The average Bonchev–Trinajstić information content (AvgIpc) is 3.52. The number of para-hydroxylation sites is 1. The monoisotopic (exact) mass is 467 g/mol. The summed E-state index contributed by atoms with van der Waals surface area (Å²) in [6.07, 6.45) is 1.76. The van der Waals surface area contributed by atoms with E-state index in [9.17, 15) is 14.4 Å². The molecule has 3 aromatic rings. The molecule has 172 valence electrons. The van der Waals surface area contributed by atoms with Crippen molar-refractivity contribution in [3.63, 3.8) is 0 Å². The molecule has 1 aromatic carbocycles. The van der Waals surface area contributed by atoms with Crippen LogP contribution in [0.25, 0.3) is 0 Å². The summed E-state index contributed by atoms with van der Waals surface area (Å²) in [6.45, 7) is 3.22. The standard InChI is InChI=1S/C23H25N5O4S/c29-20(15-17-16-33-23(25-17)26-22(31)19-7-4-14-32-19)24-9-8-21(30)28-12-10-27(11-13-28)18-5-2-1-3-6-18/h1-7,14,16H,8-13,15H2,(H,24,29)(H,25,26,31). The van der Waals surface area contributed by atoms with Crippen molar-refractivity contribution < 1.29 is 18.8 Å². The molecule has 4 rings (SSSR count).